The quantitative estimate of drug-likeness (QED) is 0.658. The number of thiophene rings is 1. The maximum atomic E-state index is 13.0. The molecule has 6 nitrogen and oxygen atoms in total. The molecular formula is C19H21N3O3S2. The van der Waals surface area contributed by atoms with Crippen LogP contribution in [0.2, 0.25) is 0 Å². The lowest BCUT2D eigenvalue weighted by Gasteiger charge is -2.30. The Balaban J connectivity index is 1.54. The zero-order valence-electron chi connectivity index (χ0n) is 15.3. The number of hydrogen-bond donors (Lipinski definition) is 0. The molecule has 2 aromatic heterocycles. The van der Waals surface area contributed by atoms with Crippen LogP contribution in [-0.4, -0.2) is 36.0 Å². The molecule has 1 aromatic carbocycles. The number of aryl methyl sites for hydroxylation is 2. The smallest absolute Gasteiger partial charge is 0.257 e. The van der Waals surface area contributed by atoms with Crippen LogP contribution >= 0.6 is 11.3 Å². The molecule has 0 spiro atoms. The number of rotatable bonds is 4. The van der Waals surface area contributed by atoms with E-state index in [1.807, 2.05) is 38.1 Å². The van der Waals surface area contributed by atoms with E-state index in [4.69, 9.17) is 4.42 Å². The second-order valence-electron chi connectivity index (χ2n) is 6.87. The second-order valence-corrected chi connectivity index (χ2v) is 10.1. The molecule has 1 fully saturated rings. The van der Waals surface area contributed by atoms with Crippen molar-refractivity contribution in [3.63, 3.8) is 0 Å². The van der Waals surface area contributed by atoms with Gasteiger partial charge in [-0.3, -0.25) is 0 Å². The lowest BCUT2D eigenvalue weighted by Crippen LogP contribution is -2.39. The van der Waals surface area contributed by atoms with Gasteiger partial charge in [0, 0.05) is 18.0 Å². The summed E-state index contributed by atoms with van der Waals surface area (Å²) in [5, 5.41) is 8.35. The molecule has 1 atom stereocenters. The Morgan fingerprint density at radius 3 is 2.59 bits per heavy atom. The second kappa shape index (κ2) is 7.18. The molecular weight excluding hydrogens is 382 g/mol. The fourth-order valence-electron chi connectivity index (χ4n) is 3.27. The highest BCUT2D eigenvalue weighted by Crippen LogP contribution is 2.32. The van der Waals surface area contributed by atoms with Crippen LogP contribution in [-0.2, 0) is 10.0 Å². The van der Waals surface area contributed by atoms with E-state index in [2.05, 4.69) is 10.2 Å². The molecule has 1 aliphatic rings. The zero-order chi connectivity index (χ0) is 19.0. The summed E-state index contributed by atoms with van der Waals surface area (Å²) in [4.78, 5) is 2.44. The third-order valence-electron chi connectivity index (χ3n) is 4.78. The van der Waals surface area contributed by atoms with Gasteiger partial charge in [0.25, 0.3) is 5.89 Å². The number of hydrogen-bond acceptors (Lipinski definition) is 6. The van der Waals surface area contributed by atoms with Crippen LogP contribution in [0.25, 0.3) is 10.8 Å². The minimum atomic E-state index is -3.52. The molecule has 1 aliphatic heterocycles. The summed E-state index contributed by atoms with van der Waals surface area (Å²) in [5.74, 6) is 0.933. The first-order valence-corrected chi connectivity index (χ1v) is 11.2. The van der Waals surface area contributed by atoms with Crippen molar-refractivity contribution in [2.24, 2.45) is 0 Å². The van der Waals surface area contributed by atoms with Gasteiger partial charge in [0.05, 0.1) is 15.7 Å². The average molecular weight is 404 g/mol. The molecule has 0 amide bonds. The van der Waals surface area contributed by atoms with Gasteiger partial charge in [-0.1, -0.05) is 17.7 Å². The molecule has 0 bridgehead atoms. The van der Waals surface area contributed by atoms with Crippen LogP contribution in [0.4, 0.5) is 0 Å². The minimum absolute atomic E-state index is 0.0821. The fourth-order valence-corrected chi connectivity index (χ4v) is 5.58. The van der Waals surface area contributed by atoms with Crippen molar-refractivity contribution in [2.75, 3.05) is 13.1 Å². The van der Waals surface area contributed by atoms with Crippen LogP contribution in [0.15, 0.2) is 45.7 Å². The van der Waals surface area contributed by atoms with Crippen molar-refractivity contribution >= 4 is 21.4 Å². The Labute approximate surface area is 162 Å². The monoisotopic (exact) mass is 403 g/mol. The molecule has 8 heteroatoms. The molecule has 0 aliphatic carbocycles. The normalized spacial score (nSPS) is 18.7. The number of sulfonamides is 1. The highest BCUT2D eigenvalue weighted by atomic mass is 32.2. The van der Waals surface area contributed by atoms with Gasteiger partial charge in [-0.05, 0) is 51.0 Å². The van der Waals surface area contributed by atoms with Crippen molar-refractivity contribution in [1.29, 1.82) is 0 Å². The van der Waals surface area contributed by atoms with Gasteiger partial charge < -0.3 is 4.42 Å². The highest BCUT2D eigenvalue weighted by Gasteiger charge is 2.33. The average Bonchev–Trinajstić information content (AvgIpc) is 3.31. The third kappa shape index (κ3) is 3.69. The summed E-state index contributed by atoms with van der Waals surface area (Å²) < 4.78 is 33.3. The van der Waals surface area contributed by atoms with Gasteiger partial charge in [0.15, 0.2) is 0 Å². The highest BCUT2D eigenvalue weighted by molar-refractivity contribution is 7.89. The largest absolute Gasteiger partial charge is 0.420 e. The summed E-state index contributed by atoms with van der Waals surface area (Å²) in [7, 11) is -3.52. The van der Waals surface area contributed by atoms with Crippen molar-refractivity contribution in [1.82, 2.24) is 14.5 Å². The van der Waals surface area contributed by atoms with E-state index in [-0.39, 0.29) is 5.92 Å². The predicted octanol–water partition coefficient (Wildman–Crippen LogP) is 3.98. The molecule has 1 unspecified atom stereocenters. The Morgan fingerprint density at radius 1 is 1.11 bits per heavy atom. The summed E-state index contributed by atoms with van der Waals surface area (Å²) >= 11 is 1.60. The van der Waals surface area contributed by atoms with E-state index in [1.165, 1.54) is 9.18 Å². The summed E-state index contributed by atoms with van der Waals surface area (Å²) in [5.41, 5.74) is 1.03. The van der Waals surface area contributed by atoms with Gasteiger partial charge in [0.2, 0.25) is 15.9 Å². The van der Waals surface area contributed by atoms with Gasteiger partial charge in [-0.15, -0.1) is 21.5 Å². The molecule has 27 heavy (non-hydrogen) atoms. The molecule has 3 heterocycles. The van der Waals surface area contributed by atoms with Crippen LogP contribution in [0.3, 0.4) is 0 Å². The van der Waals surface area contributed by atoms with Gasteiger partial charge in [-0.25, -0.2) is 8.42 Å². The van der Waals surface area contributed by atoms with Gasteiger partial charge in [0.1, 0.15) is 0 Å². The molecule has 3 aromatic rings. The maximum absolute atomic E-state index is 13.0. The molecule has 0 N–H and O–H groups in total. The van der Waals surface area contributed by atoms with E-state index in [0.717, 1.165) is 23.3 Å². The van der Waals surface area contributed by atoms with Crippen molar-refractivity contribution in [3.8, 4) is 10.8 Å². The number of aromatic nitrogens is 2. The number of piperidine rings is 1. The summed E-state index contributed by atoms with van der Waals surface area (Å²) in [6.07, 6.45) is 1.61. The molecule has 4 rings (SSSR count). The van der Waals surface area contributed by atoms with Gasteiger partial charge in [-0.2, -0.15) is 4.31 Å². The van der Waals surface area contributed by atoms with Crippen LogP contribution in [0, 0.1) is 13.8 Å². The van der Waals surface area contributed by atoms with Crippen LogP contribution in [0.1, 0.15) is 35.1 Å². The SMILES string of the molecule is Cc1ccc(S(=O)(=O)N2CCCC(c3nnc(-c4ccc(C)s4)o3)C2)cc1. The van der Waals surface area contributed by atoms with Crippen LogP contribution in [0.5, 0.6) is 0 Å². The topological polar surface area (TPSA) is 76.3 Å². The van der Waals surface area contributed by atoms with Gasteiger partial charge >= 0.3 is 0 Å². The zero-order valence-corrected chi connectivity index (χ0v) is 16.9. The third-order valence-corrected chi connectivity index (χ3v) is 7.65. The number of benzene rings is 1. The summed E-state index contributed by atoms with van der Waals surface area (Å²) in [6, 6.07) is 11.0. The maximum Gasteiger partial charge on any atom is 0.257 e. The molecule has 142 valence electrons. The Bertz CT molecular complexity index is 1040. The first-order valence-electron chi connectivity index (χ1n) is 8.90. The Hall–Kier alpha value is -2.03. The summed E-state index contributed by atoms with van der Waals surface area (Å²) in [6.45, 7) is 4.84. The first kappa shape index (κ1) is 18.3. The Morgan fingerprint density at radius 2 is 1.89 bits per heavy atom. The minimum Gasteiger partial charge on any atom is -0.420 e. The fraction of sp³-hybridized carbons (Fsp3) is 0.368. The lowest BCUT2D eigenvalue weighted by atomic mass is 10.00. The molecule has 1 saturated heterocycles. The standard InChI is InChI=1S/C19H21N3O3S2/c1-13-5-8-16(9-6-13)27(23,24)22-11-3-4-15(12-22)18-20-21-19(25-18)17-10-7-14(2)26-17/h5-10,15H,3-4,11-12H2,1-2H3. The van der Waals surface area contributed by atoms with E-state index in [9.17, 15) is 8.42 Å². The lowest BCUT2D eigenvalue weighted by molar-refractivity contribution is 0.286. The van der Waals surface area contributed by atoms with E-state index < -0.39 is 10.0 Å². The van der Waals surface area contributed by atoms with Crippen LogP contribution < -0.4 is 0 Å². The van der Waals surface area contributed by atoms with E-state index in [1.54, 1.807) is 23.5 Å². The van der Waals surface area contributed by atoms with E-state index >= 15 is 0 Å². The number of nitrogens with zero attached hydrogens (tertiary/aromatic N) is 3. The Kier molecular flexibility index (Phi) is 4.88. The van der Waals surface area contributed by atoms with Crippen molar-refractivity contribution in [3.05, 3.63) is 52.7 Å². The first-order chi connectivity index (χ1) is 12.9. The van der Waals surface area contributed by atoms with Crippen molar-refractivity contribution in [2.45, 2.75) is 37.5 Å². The predicted molar refractivity (Wildman–Crippen MR) is 104 cm³/mol. The van der Waals surface area contributed by atoms with Crippen molar-refractivity contribution < 1.29 is 12.8 Å². The van der Waals surface area contributed by atoms with E-state index in [0.29, 0.717) is 29.8 Å². The molecule has 0 saturated carbocycles. The molecule has 0 radical (unpaired) electrons.